The van der Waals surface area contributed by atoms with Crippen LogP contribution in [-0.2, 0) is 19.1 Å². The van der Waals surface area contributed by atoms with Crippen molar-refractivity contribution in [2.24, 2.45) is 0 Å². The summed E-state index contributed by atoms with van der Waals surface area (Å²) in [6, 6.07) is 5.30. The molecule has 0 unspecified atom stereocenters. The Kier molecular flexibility index (Phi) is 8.58. The molecule has 0 bridgehead atoms. The topological polar surface area (TPSA) is 82.1 Å². The fourth-order valence-electron chi connectivity index (χ4n) is 2.27. The lowest BCUT2D eigenvalue weighted by Crippen LogP contribution is -2.29. The third-order valence-electron chi connectivity index (χ3n) is 3.51. The molecule has 27 heavy (non-hydrogen) atoms. The van der Waals surface area contributed by atoms with Gasteiger partial charge in [-0.25, -0.2) is 4.79 Å². The van der Waals surface area contributed by atoms with Crippen LogP contribution in [0.4, 0.5) is 4.79 Å². The van der Waals surface area contributed by atoms with Crippen LogP contribution in [0.3, 0.4) is 0 Å². The molecule has 7 nitrogen and oxygen atoms in total. The number of amides is 2. The molecule has 1 aromatic rings. The number of imide groups is 1. The lowest BCUT2D eigenvalue weighted by Gasteiger charge is -2.11. The molecule has 1 heterocycles. The molecule has 0 N–H and O–H groups in total. The van der Waals surface area contributed by atoms with Crippen molar-refractivity contribution in [3.63, 3.8) is 0 Å². The summed E-state index contributed by atoms with van der Waals surface area (Å²) >= 11 is 3.01. The molecule has 0 spiro atoms. The zero-order chi connectivity index (χ0) is 19.8. The van der Waals surface area contributed by atoms with E-state index >= 15 is 0 Å². The number of halogens is 1. The summed E-state index contributed by atoms with van der Waals surface area (Å²) in [6.45, 7) is 2.71. The minimum atomic E-state index is -0.431. The van der Waals surface area contributed by atoms with Gasteiger partial charge < -0.3 is 14.2 Å². The van der Waals surface area contributed by atoms with Crippen molar-refractivity contribution < 1.29 is 28.6 Å². The van der Waals surface area contributed by atoms with E-state index in [-0.39, 0.29) is 17.8 Å². The predicted octanol–water partition coefficient (Wildman–Crippen LogP) is 3.31. The molecule has 1 saturated heterocycles. The lowest BCUT2D eigenvalue weighted by atomic mass is 10.2. The van der Waals surface area contributed by atoms with Crippen molar-refractivity contribution in [2.75, 3.05) is 33.5 Å². The van der Waals surface area contributed by atoms with Crippen LogP contribution >= 0.6 is 34.4 Å². The molecule has 1 aliphatic rings. The van der Waals surface area contributed by atoms with Crippen LogP contribution in [-0.4, -0.2) is 55.5 Å². The molecule has 1 aromatic carbocycles. The van der Waals surface area contributed by atoms with Crippen molar-refractivity contribution >= 4 is 57.5 Å². The second-order valence-corrected chi connectivity index (χ2v) is 7.62. The quantitative estimate of drug-likeness (QED) is 0.221. The second kappa shape index (κ2) is 10.7. The first-order valence-electron chi connectivity index (χ1n) is 8.28. The van der Waals surface area contributed by atoms with Gasteiger partial charge in [0.05, 0.1) is 15.1 Å². The number of nitrogens with zero attached hydrogens (tertiary/aromatic N) is 1. The molecule has 1 aliphatic heterocycles. The van der Waals surface area contributed by atoms with Crippen molar-refractivity contribution in [2.45, 2.75) is 13.3 Å². The number of benzene rings is 1. The van der Waals surface area contributed by atoms with Gasteiger partial charge in [-0.05, 0) is 71.5 Å². The largest absolute Gasteiger partial charge is 0.481 e. The Morgan fingerprint density at radius 1 is 1.33 bits per heavy atom. The highest BCUT2D eigenvalue weighted by atomic mass is 127. The average Bonchev–Trinajstić information content (AvgIpc) is 2.89. The van der Waals surface area contributed by atoms with E-state index < -0.39 is 5.97 Å². The van der Waals surface area contributed by atoms with Crippen LogP contribution in [0, 0.1) is 3.57 Å². The maximum atomic E-state index is 12.4. The van der Waals surface area contributed by atoms with E-state index in [2.05, 4.69) is 22.6 Å². The summed E-state index contributed by atoms with van der Waals surface area (Å²) in [5.74, 6) is -0.174. The van der Waals surface area contributed by atoms with Gasteiger partial charge in [0.25, 0.3) is 11.1 Å². The molecule has 2 amide bonds. The highest BCUT2D eigenvalue weighted by molar-refractivity contribution is 14.1. The maximum absolute atomic E-state index is 12.4. The lowest BCUT2D eigenvalue weighted by molar-refractivity contribution is -0.145. The molecule has 0 aliphatic carbocycles. The van der Waals surface area contributed by atoms with Gasteiger partial charge in [-0.2, -0.15) is 0 Å². The number of esters is 1. The van der Waals surface area contributed by atoms with Gasteiger partial charge in [0.1, 0.15) is 5.75 Å². The predicted molar refractivity (Wildman–Crippen MR) is 110 cm³/mol. The Morgan fingerprint density at radius 2 is 2.11 bits per heavy atom. The van der Waals surface area contributed by atoms with E-state index in [1.54, 1.807) is 32.2 Å². The van der Waals surface area contributed by atoms with Gasteiger partial charge in [-0.3, -0.25) is 14.5 Å². The molecule has 1 fully saturated rings. The second-order valence-electron chi connectivity index (χ2n) is 5.46. The SMILES string of the molecule is CCOC(=O)COc1ccc(/C=C2/SC(=O)N(CCCOC)C2=O)cc1I. The molecule has 0 saturated carbocycles. The highest BCUT2D eigenvalue weighted by Crippen LogP contribution is 2.33. The van der Waals surface area contributed by atoms with Crippen molar-refractivity contribution in [3.8, 4) is 5.75 Å². The van der Waals surface area contributed by atoms with E-state index in [4.69, 9.17) is 14.2 Å². The number of rotatable bonds is 9. The summed E-state index contributed by atoms with van der Waals surface area (Å²) in [4.78, 5) is 37.4. The smallest absolute Gasteiger partial charge is 0.344 e. The van der Waals surface area contributed by atoms with Crippen LogP contribution in [0.25, 0.3) is 6.08 Å². The molecule has 2 rings (SSSR count). The number of methoxy groups -OCH3 is 1. The third-order valence-corrected chi connectivity index (χ3v) is 5.26. The maximum Gasteiger partial charge on any atom is 0.344 e. The van der Waals surface area contributed by atoms with Crippen molar-refractivity contribution in [1.82, 2.24) is 4.90 Å². The monoisotopic (exact) mass is 505 g/mol. The van der Waals surface area contributed by atoms with Crippen LogP contribution in [0.1, 0.15) is 18.9 Å². The Bertz CT molecular complexity index is 751. The van der Waals surface area contributed by atoms with E-state index in [1.807, 2.05) is 6.07 Å². The Balaban J connectivity index is 2.04. The van der Waals surface area contributed by atoms with E-state index in [1.165, 1.54) is 4.90 Å². The summed E-state index contributed by atoms with van der Waals surface area (Å²) in [5.41, 5.74) is 0.769. The Morgan fingerprint density at radius 3 is 2.78 bits per heavy atom. The molecule has 146 valence electrons. The first-order chi connectivity index (χ1) is 13.0. The van der Waals surface area contributed by atoms with Gasteiger partial charge in [-0.15, -0.1) is 0 Å². The summed E-state index contributed by atoms with van der Waals surface area (Å²) in [6.07, 6.45) is 2.28. The zero-order valence-electron chi connectivity index (χ0n) is 15.0. The number of hydrogen-bond donors (Lipinski definition) is 0. The zero-order valence-corrected chi connectivity index (χ0v) is 18.0. The van der Waals surface area contributed by atoms with Crippen molar-refractivity contribution in [1.29, 1.82) is 0 Å². The average molecular weight is 505 g/mol. The first kappa shape index (κ1) is 21.7. The summed E-state index contributed by atoms with van der Waals surface area (Å²) < 4.78 is 16.0. The van der Waals surface area contributed by atoms with Gasteiger partial charge in [-0.1, -0.05) is 6.07 Å². The first-order valence-corrected chi connectivity index (χ1v) is 10.2. The summed E-state index contributed by atoms with van der Waals surface area (Å²) in [7, 11) is 1.58. The molecular weight excluding hydrogens is 485 g/mol. The van der Waals surface area contributed by atoms with Gasteiger partial charge >= 0.3 is 5.97 Å². The Hall–Kier alpha value is -1.59. The number of thioether (sulfide) groups is 1. The molecular formula is C18H20INO6S. The number of ether oxygens (including phenoxy) is 3. The third kappa shape index (κ3) is 6.22. The Labute approximate surface area is 175 Å². The standard InChI is InChI=1S/C18H20INO6S/c1-3-25-16(21)11-26-14-6-5-12(9-13(14)19)10-15-17(22)20(18(23)27-15)7-4-8-24-2/h5-6,9-10H,3-4,7-8,11H2,1-2H3/b15-10+. The van der Waals surface area contributed by atoms with E-state index in [9.17, 15) is 14.4 Å². The minimum absolute atomic E-state index is 0.163. The van der Waals surface area contributed by atoms with E-state index in [0.717, 1.165) is 20.9 Å². The van der Waals surface area contributed by atoms with Gasteiger partial charge in [0, 0.05) is 20.3 Å². The van der Waals surface area contributed by atoms with E-state index in [0.29, 0.717) is 36.8 Å². The highest BCUT2D eigenvalue weighted by Gasteiger charge is 2.34. The number of hydrogen-bond acceptors (Lipinski definition) is 7. The fraction of sp³-hybridized carbons (Fsp3) is 0.389. The fourth-order valence-corrected chi connectivity index (χ4v) is 3.83. The van der Waals surface area contributed by atoms with Crippen LogP contribution in [0.2, 0.25) is 0 Å². The van der Waals surface area contributed by atoms with Crippen LogP contribution in [0.5, 0.6) is 5.75 Å². The van der Waals surface area contributed by atoms with Crippen LogP contribution in [0.15, 0.2) is 23.1 Å². The summed E-state index contributed by atoms with van der Waals surface area (Å²) in [5, 5.41) is -0.272. The molecule has 0 aromatic heterocycles. The number of carbonyl (C=O) groups excluding carboxylic acids is 3. The molecule has 9 heteroatoms. The minimum Gasteiger partial charge on any atom is -0.481 e. The van der Waals surface area contributed by atoms with Crippen LogP contribution < -0.4 is 4.74 Å². The van der Waals surface area contributed by atoms with Gasteiger partial charge in [0.2, 0.25) is 0 Å². The molecule has 0 radical (unpaired) electrons. The number of carbonyl (C=O) groups is 3. The van der Waals surface area contributed by atoms with Gasteiger partial charge in [0.15, 0.2) is 6.61 Å². The normalized spacial score (nSPS) is 15.5. The van der Waals surface area contributed by atoms with Crippen molar-refractivity contribution in [3.05, 3.63) is 32.2 Å². The molecule has 0 atom stereocenters.